The first-order chi connectivity index (χ1) is 7.01. The van der Waals surface area contributed by atoms with Gasteiger partial charge < -0.3 is 9.47 Å². The SMILES string of the molecule is C#CCOC1=NC(OC)=NS(=O)(=O)N1C. The van der Waals surface area contributed by atoms with Crippen LogP contribution < -0.4 is 0 Å². The maximum Gasteiger partial charge on any atom is 0.352 e. The molecule has 7 nitrogen and oxygen atoms in total. The van der Waals surface area contributed by atoms with Gasteiger partial charge in [0.05, 0.1) is 7.11 Å². The Morgan fingerprint density at radius 1 is 1.60 bits per heavy atom. The minimum Gasteiger partial charge on any atom is -0.466 e. The minimum absolute atomic E-state index is 0.0876. The Hall–Kier alpha value is -1.75. The molecular weight excluding hydrogens is 222 g/mol. The molecule has 0 aliphatic carbocycles. The van der Waals surface area contributed by atoms with Crippen molar-refractivity contribution in [3.63, 3.8) is 0 Å². The molecule has 0 unspecified atom stereocenters. The van der Waals surface area contributed by atoms with Gasteiger partial charge in [-0.25, -0.2) is 4.31 Å². The normalized spacial score (nSPS) is 18.6. The molecule has 1 heterocycles. The number of rotatable bonds is 1. The summed E-state index contributed by atoms with van der Waals surface area (Å²) >= 11 is 0. The number of amidine groups is 2. The molecule has 0 spiro atoms. The summed E-state index contributed by atoms with van der Waals surface area (Å²) < 4.78 is 36.3. The minimum atomic E-state index is -3.83. The zero-order valence-electron chi connectivity index (χ0n) is 8.17. The van der Waals surface area contributed by atoms with E-state index in [-0.39, 0.29) is 18.7 Å². The van der Waals surface area contributed by atoms with E-state index in [2.05, 4.69) is 20.0 Å². The van der Waals surface area contributed by atoms with Crippen molar-refractivity contribution in [3.05, 3.63) is 0 Å². The summed E-state index contributed by atoms with van der Waals surface area (Å²) in [5.41, 5.74) is 0. The van der Waals surface area contributed by atoms with Gasteiger partial charge in [-0.2, -0.15) is 8.42 Å². The number of hydrogen-bond donors (Lipinski definition) is 0. The predicted molar refractivity (Wildman–Crippen MR) is 53.3 cm³/mol. The van der Waals surface area contributed by atoms with Gasteiger partial charge in [0.15, 0.2) is 6.61 Å². The largest absolute Gasteiger partial charge is 0.466 e. The average Bonchev–Trinajstić information content (AvgIpc) is 2.20. The summed E-state index contributed by atoms with van der Waals surface area (Å²) in [7, 11) is -1.33. The lowest BCUT2D eigenvalue weighted by Crippen LogP contribution is -2.38. The van der Waals surface area contributed by atoms with Crippen molar-refractivity contribution in [2.75, 3.05) is 20.8 Å². The smallest absolute Gasteiger partial charge is 0.352 e. The standard InChI is InChI=1S/C7H9N3O4S/c1-4-5-14-7-8-6(13-3)9-15(11,12)10(7)2/h1H,5H2,2-3H3. The first kappa shape index (κ1) is 11.3. The first-order valence-corrected chi connectivity index (χ1v) is 5.18. The number of ether oxygens (including phenoxy) is 2. The summed E-state index contributed by atoms with van der Waals surface area (Å²) in [6.07, 6.45) is 4.97. The summed E-state index contributed by atoms with van der Waals surface area (Å²) in [5, 5.41) is 0. The van der Waals surface area contributed by atoms with E-state index in [9.17, 15) is 8.42 Å². The molecule has 15 heavy (non-hydrogen) atoms. The van der Waals surface area contributed by atoms with Gasteiger partial charge in [0.1, 0.15) is 0 Å². The average molecular weight is 231 g/mol. The molecule has 0 saturated carbocycles. The molecule has 0 aromatic carbocycles. The van der Waals surface area contributed by atoms with Crippen molar-refractivity contribution in [1.29, 1.82) is 0 Å². The van der Waals surface area contributed by atoms with E-state index in [1.807, 2.05) is 0 Å². The summed E-state index contributed by atoms with van der Waals surface area (Å²) in [6, 6.07) is -0.458. The van der Waals surface area contributed by atoms with Gasteiger partial charge in [0, 0.05) is 7.05 Å². The molecule has 1 aliphatic rings. The Kier molecular flexibility index (Phi) is 3.16. The molecule has 0 fully saturated rings. The van der Waals surface area contributed by atoms with Crippen molar-refractivity contribution in [2.45, 2.75) is 0 Å². The molecule has 1 aliphatic heterocycles. The Morgan fingerprint density at radius 2 is 2.27 bits per heavy atom. The molecule has 0 atom stereocenters. The maximum absolute atomic E-state index is 11.4. The quantitative estimate of drug-likeness (QED) is 0.552. The van der Waals surface area contributed by atoms with E-state index in [0.717, 1.165) is 4.31 Å². The molecule has 0 N–H and O–H groups in total. The van der Waals surface area contributed by atoms with Gasteiger partial charge >= 0.3 is 22.3 Å². The molecule has 82 valence electrons. The molecule has 1 rings (SSSR count). The zero-order chi connectivity index (χ0) is 11.5. The molecule has 0 radical (unpaired) electrons. The number of methoxy groups -OCH3 is 1. The van der Waals surface area contributed by atoms with Crippen LogP contribution in [0.15, 0.2) is 9.39 Å². The maximum atomic E-state index is 11.4. The van der Waals surface area contributed by atoms with Crippen LogP contribution in [-0.4, -0.2) is 45.5 Å². The van der Waals surface area contributed by atoms with Crippen LogP contribution in [0.4, 0.5) is 0 Å². The highest BCUT2D eigenvalue weighted by Gasteiger charge is 2.28. The first-order valence-electron chi connectivity index (χ1n) is 3.79. The zero-order valence-corrected chi connectivity index (χ0v) is 8.98. The Labute approximate surface area is 87.6 Å². The lowest BCUT2D eigenvalue weighted by atomic mass is 10.7. The molecule has 0 bridgehead atoms. The van der Waals surface area contributed by atoms with Crippen molar-refractivity contribution in [1.82, 2.24) is 4.31 Å². The van der Waals surface area contributed by atoms with Gasteiger partial charge in [0.2, 0.25) is 0 Å². The van der Waals surface area contributed by atoms with E-state index in [4.69, 9.17) is 11.2 Å². The van der Waals surface area contributed by atoms with Gasteiger partial charge in [0.25, 0.3) is 0 Å². The van der Waals surface area contributed by atoms with Crippen LogP contribution in [0.25, 0.3) is 0 Å². The molecule has 0 aromatic heterocycles. The third kappa shape index (κ3) is 2.38. The third-order valence-corrected chi connectivity index (χ3v) is 2.70. The van der Waals surface area contributed by atoms with Crippen molar-refractivity contribution in [2.24, 2.45) is 9.39 Å². The molecule has 0 saturated heterocycles. The Morgan fingerprint density at radius 3 is 2.80 bits per heavy atom. The lowest BCUT2D eigenvalue weighted by molar-refractivity contribution is 0.310. The van der Waals surface area contributed by atoms with Crippen LogP contribution in [0, 0.1) is 12.3 Å². The summed E-state index contributed by atoms with van der Waals surface area (Å²) in [4.78, 5) is 3.69. The Balaban J connectivity index is 3.01. The summed E-state index contributed by atoms with van der Waals surface area (Å²) in [6.45, 7) is -0.0876. The van der Waals surface area contributed by atoms with Gasteiger partial charge in [-0.15, -0.1) is 11.4 Å². The van der Waals surface area contributed by atoms with Gasteiger partial charge in [-0.1, -0.05) is 10.3 Å². The molecule has 0 aromatic rings. The predicted octanol–water partition coefficient (Wildman–Crippen LogP) is -0.815. The number of hydrogen-bond acceptors (Lipinski definition) is 5. The fourth-order valence-corrected chi connectivity index (χ4v) is 1.47. The highest BCUT2D eigenvalue weighted by atomic mass is 32.2. The van der Waals surface area contributed by atoms with E-state index >= 15 is 0 Å². The second kappa shape index (κ2) is 4.18. The van der Waals surface area contributed by atoms with E-state index in [1.54, 1.807) is 0 Å². The van der Waals surface area contributed by atoms with Gasteiger partial charge in [-0.05, 0) is 0 Å². The van der Waals surface area contributed by atoms with Crippen LogP contribution in [0.1, 0.15) is 0 Å². The van der Waals surface area contributed by atoms with E-state index in [1.165, 1.54) is 14.2 Å². The van der Waals surface area contributed by atoms with E-state index in [0.29, 0.717) is 0 Å². The van der Waals surface area contributed by atoms with Crippen LogP contribution in [0.2, 0.25) is 0 Å². The highest BCUT2D eigenvalue weighted by molar-refractivity contribution is 7.88. The number of aliphatic imine (C=N–C) groups is 1. The van der Waals surface area contributed by atoms with Crippen molar-refractivity contribution >= 4 is 22.3 Å². The second-order valence-electron chi connectivity index (χ2n) is 2.41. The second-order valence-corrected chi connectivity index (χ2v) is 4.04. The van der Waals surface area contributed by atoms with Crippen molar-refractivity contribution in [3.8, 4) is 12.3 Å². The molecule has 8 heteroatoms. The van der Waals surface area contributed by atoms with Crippen LogP contribution in [0.5, 0.6) is 0 Å². The van der Waals surface area contributed by atoms with Crippen LogP contribution in [-0.2, 0) is 19.7 Å². The third-order valence-electron chi connectivity index (χ3n) is 1.47. The fourth-order valence-electron chi connectivity index (χ4n) is 0.744. The van der Waals surface area contributed by atoms with Crippen LogP contribution in [0.3, 0.4) is 0 Å². The number of nitrogens with zero attached hydrogens (tertiary/aromatic N) is 3. The monoisotopic (exact) mass is 231 g/mol. The Bertz CT molecular complexity index is 445. The number of terminal acetylenes is 1. The van der Waals surface area contributed by atoms with Gasteiger partial charge in [-0.3, -0.25) is 0 Å². The molecule has 0 amide bonds. The highest BCUT2D eigenvalue weighted by Crippen LogP contribution is 2.09. The van der Waals surface area contributed by atoms with Crippen molar-refractivity contribution < 1.29 is 17.9 Å². The van der Waals surface area contributed by atoms with Crippen LogP contribution >= 0.6 is 0 Å². The molecular formula is C7H9N3O4S. The topological polar surface area (TPSA) is 80.6 Å². The van der Waals surface area contributed by atoms with E-state index < -0.39 is 10.2 Å². The summed E-state index contributed by atoms with van der Waals surface area (Å²) in [5.74, 6) is 2.19. The lowest BCUT2D eigenvalue weighted by Gasteiger charge is -2.20. The fraction of sp³-hybridized carbons (Fsp3) is 0.429.